The van der Waals surface area contributed by atoms with Gasteiger partial charge in [0, 0.05) is 17.8 Å². The number of nitrogens with one attached hydrogen (secondary N) is 1. The summed E-state index contributed by atoms with van der Waals surface area (Å²) in [6, 6.07) is 18.0. The second-order valence-corrected chi connectivity index (χ2v) is 7.69. The van der Waals surface area contributed by atoms with Gasteiger partial charge in [0.2, 0.25) is 0 Å². The summed E-state index contributed by atoms with van der Waals surface area (Å²) in [6.07, 6.45) is 0. The van der Waals surface area contributed by atoms with Gasteiger partial charge in [-0.1, -0.05) is 23.7 Å². The molecule has 0 bridgehead atoms. The van der Waals surface area contributed by atoms with Crippen LogP contribution in [0.3, 0.4) is 0 Å². The van der Waals surface area contributed by atoms with Crippen LogP contribution in [-0.2, 0) is 9.59 Å². The molecule has 0 saturated carbocycles. The topological polar surface area (TPSA) is 119 Å². The molecule has 2 amide bonds. The van der Waals surface area contributed by atoms with Crippen LogP contribution in [0.2, 0.25) is 0 Å². The fourth-order valence-electron chi connectivity index (χ4n) is 3.25. The van der Waals surface area contributed by atoms with Crippen molar-refractivity contribution in [1.82, 2.24) is 0 Å². The second kappa shape index (κ2) is 9.16. The van der Waals surface area contributed by atoms with Crippen LogP contribution in [0.4, 0.5) is 17.1 Å². The SMILES string of the molecule is Cc1cccc(N2C(=O)C(Cl)=C(Nc3ccc(C(=O)Oc4ccc([N+](=O)[O-])cc4)cc3)C2=O)c1. The number of ether oxygens (including phenoxy) is 1. The lowest BCUT2D eigenvalue weighted by molar-refractivity contribution is -0.384. The molecule has 1 N–H and O–H groups in total. The molecule has 0 aromatic heterocycles. The first-order valence-corrected chi connectivity index (χ1v) is 10.3. The average molecular weight is 478 g/mol. The molecule has 0 atom stereocenters. The summed E-state index contributed by atoms with van der Waals surface area (Å²) in [4.78, 5) is 49.0. The van der Waals surface area contributed by atoms with Gasteiger partial charge in [-0.05, 0) is 61.0 Å². The molecule has 170 valence electrons. The zero-order valence-electron chi connectivity index (χ0n) is 17.7. The van der Waals surface area contributed by atoms with Gasteiger partial charge in [-0.3, -0.25) is 19.7 Å². The molecule has 9 nitrogen and oxygen atoms in total. The molecule has 3 aromatic carbocycles. The van der Waals surface area contributed by atoms with Crippen molar-refractivity contribution in [3.8, 4) is 5.75 Å². The normalized spacial score (nSPS) is 13.3. The first kappa shape index (κ1) is 22.7. The van der Waals surface area contributed by atoms with Crippen molar-refractivity contribution in [2.45, 2.75) is 6.92 Å². The Kier molecular flexibility index (Phi) is 6.11. The van der Waals surface area contributed by atoms with E-state index >= 15 is 0 Å². The Labute approximate surface area is 198 Å². The van der Waals surface area contributed by atoms with Gasteiger partial charge in [0.15, 0.2) is 0 Å². The summed E-state index contributed by atoms with van der Waals surface area (Å²) in [5.41, 5.74) is 1.73. The Morgan fingerprint density at radius 2 is 1.68 bits per heavy atom. The van der Waals surface area contributed by atoms with Crippen LogP contribution >= 0.6 is 11.6 Å². The predicted molar refractivity (Wildman–Crippen MR) is 125 cm³/mol. The molecule has 0 saturated heterocycles. The van der Waals surface area contributed by atoms with Crippen LogP contribution in [0.15, 0.2) is 83.5 Å². The highest BCUT2D eigenvalue weighted by Gasteiger charge is 2.39. The van der Waals surface area contributed by atoms with Crippen LogP contribution in [0, 0.1) is 17.0 Å². The van der Waals surface area contributed by atoms with E-state index in [1.165, 1.54) is 48.5 Å². The predicted octanol–water partition coefficient (Wildman–Crippen LogP) is 4.56. The monoisotopic (exact) mass is 477 g/mol. The maximum absolute atomic E-state index is 12.9. The van der Waals surface area contributed by atoms with Crippen molar-refractivity contribution in [1.29, 1.82) is 0 Å². The summed E-state index contributed by atoms with van der Waals surface area (Å²) in [7, 11) is 0. The van der Waals surface area contributed by atoms with E-state index in [2.05, 4.69) is 5.32 Å². The number of nitrogens with zero attached hydrogens (tertiary/aromatic N) is 2. The number of rotatable bonds is 6. The van der Waals surface area contributed by atoms with Gasteiger partial charge < -0.3 is 10.1 Å². The Hall–Kier alpha value is -4.50. The summed E-state index contributed by atoms with van der Waals surface area (Å²) in [5.74, 6) is -1.75. The number of esters is 1. The summed E-state index contributed by atoms with van der Waals surface area (Å²) < 4.78 is 5.21. The Morgan fingerprint density at radius 3 is 2.29 bits per heavy atom. The fourth-order valence-corrected chi connectivity index (χ4v) is 3.46. The van der Waals surface area contributed by atoms with Gasteiger partial charge >= 0.3 is 5.97 Å². The van der Waals surface area contributed by atoms with Crippen LogP contribution in [0.1, 0.15) is 15.9 Å². The number of benzene rings is 3. The molecular weight excluding hydrogens is 462 g/mol. The Morgan fingerprint density at radius 1 is 1.00 bits per heavy atom. The zero-order chi connectivity index (χ0) is 24.4. The van der Waals surface area contributed by atoms with Crippen molar-refractivity contribution in [2.75, 3.05) is 10.2 Å². The van der Waals surface area contributed by atoms with E-state index in [-0.39, 0.29) is 27.7 Å². The van der Waals surface area contributed by atoms with E-state index in [0.717, 1.165) is 10.5 Å². The highest BCUT2D eigenvalue weighted by molar-refractivity contribution is 6.53. The quantitative estimate of drug-likeness (QED) is 0.182. The third-order valence-corrected chi connectivity index (χ3v) is 5.29. The van der Waals surface area contributed by atoms with E-state index in [9.17, 15) is 24.5 Å². The molecule has 0 unspecified atom stereocenters. The maximum Gasteiger partial charge on any atom is 0.343 e. The Balaban J connectivity index is 1.46. The number of nitro groups is 1. The fraction of sp³-hybridized carbons (Fsp3) is 0.0417. The zero-order valence-corrected chi connectivity index (χ0v) is 18.4. The number of non-ortho nitro benzene ring substituents is 1. The van der Waals surface area contributed by atoms with Crippen LogP contribution in [-0.4, -0.2) is 22.7 Å². The number of halogens is 1. The van der Waals surface area contributed by atoms with E-state index in [4.69, 9.17) is 16.3 Å². The van der Waals surface area contributed by atoms with E-state index in [0.29, 0.717) is 11.4 Å². The number of aryl methyl sites for hydroxylation is 1. The number of amides is 2. The minimum Gasteiger partial charge on any atom is -0.423 e. The van der Waals surface area contributed by atoms with Crippen LogP contribution in [0.25, 0.3) is 0 Å². The molecule has 0 fully saturated rings. The van der Waals surface area contributed by atoms with E-state index in [1.54, 1.807) is 18.2 Å². The van der Waals surface area contributed by atoms with E-state index < -0.39 is 22.7 Å². The number of carbonyl (C=O) groups is 3. The molecule has 1 aliphatic rings. The number of hydrogen-bond donors (Lipinski definition) is 1. The summed E-state index contributed by atoms with van der Waals surface area (Å²) in [6.45, 7) is 1.84. The third-order valence-electron chi connectivity index (χ3n) is 4.94. The molecule has 0 spiro atoms. The number of carbonyl (C=O) groups excluding carboxylic acids is 3. The lowest BCUT2D eigenvalue weighted by Gasteiger charge is -2.15. The van der Waals surface area contributed by atoms with Gasteiger partial charge in [-0.25, -0.2) is 9.69 Å². The lowest BCUT2D eigenvalue weighted by Crippen LogP contribution is -2.32. The van der Waals surface area contributed by atoms with Crippen molar-refractivity contribution < 1.29 is 24.0 Å². The molecule has 3 aromatic rings. The summed E-state index contributed by atoms with van der Waals surface area (Å²) >= 11 is 6.15. The van der Waals surface area contributed by atoms with Gasteiger partial charge in [-0.2, -0.15) is 0 Å². The minimum atomic E-state index is -0.671. The van der Waals surface area contributed by atoms with Gasteiger partial charge in [0.1, 0.15) is 16.5 Å². The van der Waals surface area contributed by atoms with Crippen molar-refractivity contribution >= 4 is 46.4 Å². The number of nitro benzene ring substituents is 1. The Bertz CT molecular complexity index is 1350. The average Bonchev–Trinajstić information content (AvgIpc) is 3.03. The first-order valence-electron chi connectivity index (χ1n) is 9.93. The maximum atomic E-state index is 12.9. The molecule has 1 heterocycles. The third kappa shape index (κ3) is 4.50. The van der Waals surface area contributed by atoms with Crippen LogP contribution in [0.5, 0.6) is 5.75 Å². The van der Waals surface area contributed by atoms with Crippen molar-refractivity contribution in [2.24, 2.45) is 0 Å². The van der Waals surface area contributed by atoms with E-state index in [1.807, 2.05) is 13.0 Å². The summed E-state index contributed by atoms with van der Waals surface area (Å²) in [5, 5.41) is 13.3. The molecular formula is C24H16ClN3O6. The highest BCUT2D eigenvalue weighted by atomic mass is 35.5. The lowest BCUT2D eigenvalue weighted by atomic mass is 10.2. The molecule has 10 heteroatoms. The van der Waals surface area contributed by atoms with Crippen molar-refractivity contribution in [3.63, 3.8) is 0 Å². The molecule has 1 aliphatic heterocycles. The highest BCUT2D eigenvalue weighted by Crippen LogP contribution is 2.30. The van der Waals surface area contributed by atoms with Crippen molar-refractivity contribution in [3.05, 3.63) is 105 Å². The molecule has 4 rings (SSSR count). The van der Waals surface area contributed by atoms with Gasteiger partial charge in [0.25, 0.3) is 17.5 Å². The van der Waals surface area contributed by atoms with Crippen LogP contribution < -0.4 is 15.0 Å². The largest absolute Gasteiger partial charge is 0.423 e. The standard InChI is InChI=1S/C24H16ClN3O6/c1-14-3-2-4-18(13-14)27-22(29)20(25)21(23(27)30)26-16-7-5-15(6-8-16)24(31)34-19-11-9-17(10-12-19)28(32)33/h2-13,26H,1H3. The number of imide groups is 1. The second-order valence-electron chi connectivity index (χ2n) is 7.32. The van der Waals surface area contributed by atoms with Gasteiger partial charge in [-0.15, -0.1) is 0 Å². The molecule has 0 aliphatic carbocycles. The molecule has 0 radical (unpaired) electrons. The number of anilines is 2. The minimum absolute atomic E-state index is 0.0746. The smallest absolute Gasteiger partial charge is 0.343 e. The first-order chi connectivity index (χ1) is 16.2. The number of hydrogen-bond acceptors (Lipinski definition) is 7. The van der Waals surface area contributed by atoms with Gasteiger partial charge in [0.05, 0.1) is 16.2 Å². The molecule has 34 heavy (non-hydrogen) atoms.